The molecular formula is C22H26N2O6S. The largest absolute Gasteiger partial charge is 0.465 e. The van der Waals surface area contributed by atoms with Gasteiger partial charge in [0.15, 0.2) is 0 Å². The molecule has 1 heterocycles. The molecule has 0 spiro atoms. The second-order valence-corrected chi connectivity index (χ2v) is 8.87. The van der Waals surface area contributed by atoms with E-state index < -0.39 is 21.9 Å². The summed E-state index contributed by atoms with van der Waals surface area (Å²) in [5, 5.41) is 0. The second kappa shape index (κ2) is 9.93. The molecule has 0 saturated carbocycles. The van der Waals surface area contributed by atoms with E-state index in [-0.39, 0.29) is 36.8 Å². The van der Waals surface area contributed by atoms with Crippen LogP contribution in [-0.4, -0.2) is 65.2 Å². The van der Waals surface area contributed by atoms with Crippen molar-refractivity contribution in [2.45, 2.75) is 18.2 Å². The Morgan fingerprint density at radius 2 is 1.90 bits per heavy atom. The van der Waals surface area contributed by atoms with E-state index in [1.54, 1.807) is 19.1 Å². The highest BCUT2D eigenvalue weighted by Crippen LogP contribution is 2.32. The molecule has 31 heavy (non-hydrogen) atoms. The number of sulfonamides is 1. The minimum Gasteiger partial charge on any atom is -0.465 e. The lowest BCUT2D eigenvalue weighted by Crippen LogP contribution is -2.38. The molecule has 2 aromatic rings. The molecule has 0 unspecified atom stereocenters. The average molecular weight is 447 g/mol. The lowest BCUT2D eigenvalue weighted by Gasteiger charge is -2.23. The van der Waals surface area contributed by atoms with E-state index in [9.17, 15) is 18.0 Å². The molecular weight excluding hydrogens is 420 g/mol. The average Bonchev–Trinajstić information content (AvgIpc) is 3.21. The van der Waals surface area contributed by atoms with Gasteiger partial charge in [0.1, 0.15) is 6.54 Å². The van der Waals surface area contributed by atoms with Crippen LogP contribution >= 0.6 is 0 Å². The smallest absolute Gasteiger partial charge is 0.325 e. The summed E-state index contributed by atoms with van der Waals surface area (Å²) in [6.45, 7) is 2.40. The van der Waals surface area contributed by atoms with Crippen molar-refractivity contribution < 1.29 is 27.5 Å². The summed E-state index contributed by atoms with van der Waals surface area (Å²) in [6, 6.07) is 13.3. The van der Waals surface area contributed by atoms with Gasteiger partial charge in [-0.2, -0.15) is 0 Å². The number of esters is 1. The Morgan fingerprint density at radius 3 is 2.65 bits per heavy atom. The molecule has 0 bridgehead atoms. The number of fused-ring (bicyclic) bond motifs is 1. The van der Waals surface area contributed by atoms with Crippen LogP contribution in [0.4, 0.5) is 5.69 Å². The van der Waals surface area contributed by atoms with Crippen molar-refractivity contribution in [3.63, 3.8) is 0 Å². The number of methoxy groups -OCH3 is 1. The van der Waals surface area contributed by atoms with Crippen LogP contribution in [-0.2, 0) is 30.7 Å². The summed E-state index contributed by atoms with van der Waals surface area (Å²) in [5.41, 5.74) is 1.80. The van der Waals surface area contributed by atoms with E-state index in [4.69, 9.17) is 9.47 Å². The van der Waals surface area contributed by atoms with Gasteiger partial charge in [-0.15, -0.1) is 0 Å². The number of hydrogen-bond acceptors (Lipinski definition) is 6. The van der Waals surface area contributed by atoms with Crippen LogP contribution in [0, 0.1) is 0 Å². The molecule has 0 N–H and O–H groups in total. The molecule has 1 aliphatic rings. The number of amides is 1. The Balaban J connectivity index is 1.87. The third-order valence-corrected chi connectivity index (χ3v) is 6.80. The molecule has 2 aromatic carbocycles. The monoisotopic (exact) mass is 446 g/mol. The van der Waals surface area contributed by atoms with Gasteiger partial charge in [0.25, 0.3) is 15.9 Å². The van der Waals surface area contributed by atoms with Gasteiger partial charge in [-0.25, -0.2) is 8.42 Å². The van der Waals surface area contributed by atoms with Gasteiger partial charge < -0.3 is 14.4 Å². The SMILES string of the molecule is CCOC(=O)CN(CCOC)C(=O)c1cccc(S(=O)(=O)N2CCc3ccccc32)c1. The summed E-state index contributed by atoms with van der Waals surface area (Å²) < 4.78 is 37.9. The lowest BCUT2D eigenvalue weighted by atomic mass is 10.2. The van der Waals surface area contributed by atoms with Crippen LogP contribution in [0.25, 0.3) is 0 Å². The first-order valence-electron chi connectivity index (χ1n) is 10.0. The number of anilines is 1. The third-order valence-electron chi connectivity index (χ3n) is 4.99. The molecule has 0 aromatic heterocycles. The first-order chi connectivity index (χ1) is 14.9. The number of benzene rings is 2. The minimum absolute atomic E-state index is 0.0258. The minimum atomic E-state index is -3.84. The summed E-state index contributed by atoms with van der Waals surface area (Å²) >= 11 is 0. The zero-order valence-electron chi connectivity index (χ0n) is 17.6. The Morgan fingerprint density at radius 1 is 1.13 bits per heavy atom. The second-order valence-electron chi connectivity index (χ2n) is 7.01. The van der Waals surface area contributed by atoms with Crippen molar-refractivity contribution in [2.24, 2.45) is 0 Å². The van der Waals surface area contributed by atoms with Crippen molar-refractivity contribution >= 4 is 27.6 Å². The number of hydrogen-bond donors (Lipinski definition) is 0. The molecule has 1 aliphatic heterocycles. The van der Waals surface area contributed by atoms with E-state index in [0.29, 0.717) is 18.7 Å². The van der Waals surface area contributed by atoms with Crippen LogP contribution < -0.4 is 4.31 Å². The fourth-order valence-electron chi connectivity index (χ4n) is 3.47. The normalized spacial score (nSPS) is 13.0. The summed E-state index contributed by atoms with van der Waals surface area (Å²) in [4.78, 5) is 26.3. The predicted octanol–water partition coefficient (Wildman–Crippen LogP) is 2.09. The molecule has 0 atom stereocenters. The number of para-hydroxylation sites is 1. The van der Waals surface area contributed by atoms with Crippen LogP contribution in [0.2, 0.25) is 0 Å². The molecule has 1 amide bonds. The highest BCUT2D eigenvalue weighted by molar-refractivity contribution is 7.92. The van der Waals surface area contributed by atoms with Crippen LogP contribution in [0.1, 0.15) is 22.8 Å². The van der Waals surface area contributed by atoms with Gasteiger partial charge in [-0.05, 0) is 43.2 Å². The van der Waals surface area contributed by atoms with Gasteiger partial charge in [0.05, 0.1) is 23.8 Å². The van der Waals surface area contributed by atoms with Gasteiger partial charge in [0.2, 0.25) is 0 Å². The molecule has 0 fully saturated rings. The fourth-order valence-corrected chi connectivity index (χ4v) is 5.02. The molecule has 0 radical (unpaired) electrons. The van der Waals surface area contributed by atoms with Crippen molar-refractivity contribution in [1.29, 1.82) is 0 Å². The van der Waals surface area contributed by atoms with Crippen molar-refractivity contribution in [1.82, 2.24) is 4.90 Å². The Hall–Kier alpha value is -2.91. The number of rotatable bonds is 9. The topological polar surface area (TPSA) is 93.2 Å². The van der Waals surface area contributed by atoms with Crippen molar-refractivity contribution in [2.75, 3.05) is 44.3 Å². The maximum absolute atomic E-state index is 13.3. The number of carbonyl (C=O) groups excluding carboxylic acids is 2. The van der Waals surface area contributed by atoms with Gasteiger partial charge >= 0.3 is 5.97 Å². The van der Waals surface area contributed by atoms with E-state index in [1.807, 2.05) is 12.1 Å². The molecule has 3 rings (SSSR count). The fraction of sp³-hybridized carbons (Fsp3) is 0.364. The summed E-state index contributed by atoms with van der Waals surface area (Å²) in [7, 11) is -2.34. The highest BCUT2D eigenvalue weighted by atomic mass is 32.2. The summed E-state index contributed by atoms with van der Waals surface area (Å²) in [5.74, 6) is -1.01. The van der Waals surface area contributed by atoms with E-state index in [2.05, 4.69) is 0 Å². The maximum Gasteiger partial charge on any atom is 0.325 e. The van der Waals surface area contributed by atoms with E-state index in [0.717, 1.165) is 5.56 Å². The van der Waals surface area contributed by atoms with E-state index in [1.165, 1.54) is 40.6 Å². The highest BCUT2D eigenvalue weighted by Gasteiger charge is 2.31. The van der Waals surface area contributed by atoms with Crippen LogP contribution in [0.15, 0.2) is 53.4 Å². The first-order valence-corrected chi connectivity index (χ1v) is 11.5. The quantitative estimate of drug-likeness (QED) is 0.548. The summed E-state index contributed by atoms with van der Waals surface area (Å²) in [6.07, 6.45) is 0.637. The predicted molar refractivity (Wildman–Crippen MR) is 116 cm³/mol. The Kier molecular flexibility index (Phi) is 7.29. The molecule has 0 aliphatic carbocycles. The van der Waals surface area contributed by atoms with Crippen LogP contribution in [0.5, 0.6) is 0 Å². The molecule has 8 nitrogen and oxygen atoms in total. The van der Waals surface area contributed by atoms with Gasteiger partial charge in [0, 0.05) is 25.8 Å². The zero-order valence-corrected chi connectivity index (χ0v) is 18.4. The molecule has 166 valence electrons. The van der Waals surface area contributed by atoms with Crippen molar-refractivity contribution in [3.8, 4) is 0 Å². The molecule has 0 saturated heterocycles. The Labute approximate surface area is 182 Å². The standard InChI is InChI=1S/C22H26N2O6S/c1-3-30-21(25)16-23(13-14-29-2)22(26)18-8-6-9-19(15-18)31(27,28)24-12-11-17-7-4-5-10-20(17)24/h4-10,15H,3,11-14,16H2,1-2H3. The maximum atomic E-state index is 13.3. The van der Waals surface area contributed by atoms with Crippen LogP contribution in [0.3, 0.4) is 0 Å². The Bertz CT molecular complexity index is 1050. The zero-order chi connectivity index (χ0) is 22.4. The number of nitrogens with zero attached hydrogens (tertiary/aromatic N) is 2. The first kappa shape index (κ1) is 22.8. The number of ether oxygens (including phenoxy) is 2. The van der Waals surface area contributed by atoms with E-state index >= 15 is 0 Å². The third kappa shape index (κ3) is 5.05. The van der Waals surface area contributed by atoms with Gasteiger partial charge in [-0.3, -0.25) is 13.9 Å². The van der Waals surface area contributed by atoms with Crippen molar-refractivity contribution in [3.05, 3.63) is 59.7 Å². The molecule has 9 heteroatoms. The van der Waals surface area contributed by atoms with Gasteiger partial charge in [-0.1, -0.05) is 24.3 Å². The lowest BCUT2D eigenvalue weighted by molar-refractivity contribution is -0.143. The number of carbonyl (C=O) groups is 2.